The summed E-state index contributed by atoms with van der Waals surface area (Å²) in [4.78, 5) is 24.3. The van der Waals surface area contributed by atoms with E-state index in [1.54, 1.807) is 0 Å². The highest BCUT2D eigenvalue weighted by Gasteiger charge is 2.31. The van der Waals surface area contributed by atoms with Crippen molar-refractivity contribution >= 4 is 45.9 Å². The largest absolute Gasteiger partial charge is 0.494 e. The van der Waals surface area contributed by atoms with E-state index in [4.69, 9.17) is 4.74 Å². The Labute approximate surface area is 169 Å². The zero-order valence-electron chi connectivity index (χ0n) is 15.0. The number of carbonyl (C=O) groups excluding carboxylic acids is 1. The molecule has 5 nitrogen and oxygen atoms in total. The number of hydrogen-bond acceptors (Lipinski definition) is 5. The maximum atomic E-state index is 14.9. The van der Waals surface area contributed by atoms with Gasteiger partial charge >= 0.3 is 11.5 Å². The molecule has 154 valence electrons. The van der Waals surface area contributed by atoms with Crippen molar-refractivity contribution in [2.45, 2.75) is 23.1 Å². The molecule has 0 radical (unpaired) electrons. The number of carboxylic acid groups (broad SMARTS) is 1. The van der Waals surface area contributed by atoms with Gasteiger partial charge in [0.15, 0.2) is 11.6 Å². The SMILES string of the molecule is COc1ccc2c(c1F)c(CC(=O)O)c(C)n2C(=O)c1csc(SC(F)(F)F)c1. The van der Waals surface area contributed by atoms with Crippen LogP contribution in [0.5, 0.6) is 5.75 Å². The molecule has 29 heavy (non-hydrogen) atoms. The molecule has 0 aliphatic heterocycles. The predicted octanol–water partition coefficient (Wildman–Crippen LogP) is 5.09. The van der Waals surface area contributed by atoms with Crippen LogP contribution >= 0.6 is 23.1 Å². The number of alkyl halides is 3. The fraction of sp³-hybridized carbons (Fsp3) is 0.222. The summed E-state index contributed by atoms with van der Waals surface area (Å²) in [5.74, 6) is -2.83. The number of carboxylic acids is 1. The maximum absolute atomic E-state index is 14.9. The van der Waals surface area contributed by atoms with Gasteiger partial charge in [0.2, 0.25) is 0 Å². The van der Waals surface area contributed by atoms with Gasteiger partial charge < -0.3 is 9.84 Å². The molecule has 1 aromatic carbocycles. The van der Waals surface area contributed by atoms with E-state index in [0.717, 1.165) is 22.0 Å². The average molecular weight is 447 g/mol. The van der Waals surface area contributed by atoms with Crippen LogP contribution < -0.4 is 4.74 Å². The number of methoxy groups -OCH3 is 1. The van der Waals surface area contributed by atoms with Gasteiger partial charge in [-0.1, -0.05) is 0 Å². The lowest BCUT2D eigenvalue weighted by atomic mass is 10.1. The molecule has 0 amide bonds. The number of thiophene rings is 1. The molecule has 0 bridgehead atoms. The van der Waals surface area contributed by atoms with E-state index >= 15 is 0 Å². The second-order valence-electron chi connectivity index (χ2n) is 5.95. The molecule has 0 spiro atoms. The molecule has 3 rings (SSSR count). The van der Waals surface area contributed by atoms with Crippen LogP contribution in [0.4, 0.5) is 17.6 Å². The van der Waals surface area contributed by atoms with E-state index in [-0.39, 0.29) is 49.4 Å². The molecule has 0 fully saturated rings. The van der Waals surface area contributed by atoms with Crippen LogP contribution in [0.15, 0.2) is 27.8 Å². The number of nitrogens with zero attached hydrogens (tertiary/aromatic N) is 1. The average Bonchev–Trinajstić information content (AvgIpc) is 3.16. The zero-order chi connectivity index (χ0) is 21.5. The highest BCUT2D eigenvalue weighted by Crippen LogP contribution is 2.40. The molecule has 0 unspecified atom stereocenters. The highest BCUT2D eigenvalue weighted by molar-refractivity contribution is 8.01. The smallest absolute Gasteiger partial charge is 0.447 e. The predicted molar refractivity (Wildman–Crippen MR) is 100 cm³/mol. The molecular formula is C18H13F4NO4S2. The third-order valence-electron chi connectivity index (χ3n) is 4.19. The van der Waals surface area contributed by atoms with Gasteiger partial charge in [-0.2, -0.15) is 13.2 Å². The van der Waals surface area contributed by atoms with Crippen molar-refractivity contribution in [1.82, 2.24) is 4.57 Å². The summed E-state index contributed by atoms with van der Waals surface area (Å²) in [5, 5.41) is 10.4. The topological polar surface area (TPSA) is 68.5 Å². The summed E-state index contributed by atoms with van der Waals surface area (Å²) in [5.41, 5.74) is -4.11. The Bertz CT molecular complexity index is 1120. The van der Waals surface area contributed by atoms with Gasteiger partial charge in [-0.15, -0.1) is 11.3 Å². The maximum Gasteiger partial charge on any atom is 0.447 e. The summed E-state index contributed by atoms with van der Waals surface area (Å²) in [6, 6.07) is 3.81. The van der Waals surface area contributed by atoms with Crippen LogP contribution in [0.2, 0.25) is 0 Å². The minimum absolute atomic E-state index is 0.0140. The number of thioether (sulfide) groups is 1. The normalized spacial score (nSPS) is 11.8. The van der Waals surface area contributed by atoms with Gasteiger partial charge in [0, 0.05) is 16.5 Å². The van der Waals surface area contributed by atoms with Gasteiger partial charge in [0.05, 0.1) is 28.8 Å². The van der Waals surface area contributed by atoms with Crippen molar-refractivity contribution in [1.29, 1.82) is 0 Å². The summed E-state index contributed by atoms with van der Waals surface area (Å²) in [6.07, 6.45) is -0.536. The first kappa shape index (κ1) is 21.2. The third kappa shape index (κ3) is 4.10. The van der Waals surface area contributed by atoms with Gasteiger partial charge in [0.25, 0.3) is 5.91 Å². The van der Waals surface area contributed by atoms with Crippen molar-refractivity contribution in [2.24, 2.45) is 0 Å². The Kier molecular flexibility index (Phi) is 5.63. The summed E-state index contributed by atoms with van der Waals surface area (Å²) in [6.45, 7) is 1.46. The number of benzene rings is 1. The van der Waals surface area contributed by atoms with Gasteiger partial charge in [-0.05, 0) is 42.4 Å². The number of ether oxygens (including phenoxy) is 1. The lowest BCUT2D eigenvalue weighted by Crippen LogP contribution is -2.13. The summed E-state index contributed by atoms with van der Waals surface area (Å²) >= 11 is 0.424. The number of halogens is 4. The van der Waals surface area contributed by atoms with E-state index in [0.29, 0.717) is 0 Å². The molecular weight excluding hydrogens is 434 g/mol. The van der Waals surface area contributed by atoms with Crippen LogP contribution in [0.3, 0.4) is 0 Å². The molecule has 0 aliphatic carbocycles. The van der Waals surface area contributed by atoms with Crippen LogP contribution in [0.1, 0.15) is 21.6 Å². The fourth-order valence-corrected chi connectivity index (χ4v) is 4.67. The second kappa shape index (κ2) is 7.71. The van der Waals surface area contributed by atoms with E-state index in [1.165, 1.54) is 31.5 Å². The van der Waals surface area contributed by atoms with Crippen molar-refractivity contribution in [2.75, 3.05) is 7.11 Å². The lowest BCUT2D eigenvalue weighted by Gasteiger charge is -2.07. The van der Waals surface area contributed by atoms with E-state index in [1.807, 2.05) is 0 Å². The third-order valence-corrected chi connectivity index (χ3v) is 6.00. The van der Waals surface area contributed by atoms with E-state index in [2.05, 4.69) is 0 Å². The monoisotopic (exact) mass is 447 g/mol. The quantitative estimate of drug-likeness (QED) is 0.436. The van der Waals surface area contributed by atoms with Crippen LogP contribution in [0, 0.1) is 12.7 Å². The Morgan fingerprint density at radius 3 is 2.59 bits per heavy atom. The standard InChI is InChI=1S/C18H13F4NO4S2/c1-8-10(6-13(24)25)15-11(3-4-12(27-2)16(15)19)23(8)17(26)9-5-14(28-7-9)29-18(20,21)22/h3-5,7H,6H2,1-2H3,(H,24,25). The Balaban J connectivity index is 2.16. The zero-order valence-corrected chi connectivity index (χ0v) is 16.6. The molecule has 0 atom stereocenters. The van der Waals surface area contributed by atoms with Crippen molar-refractivity contribution in [3.8, 4) is 5.75 Å². The van der Waals surface area contributed by atoms with Crippen molar-refractivity contribution in [3.63, 3.8) is 0 Å². The van der Waals surface area contributed by atoms with E-state index in [9.17, 15) is 32.3 Å². The van der Waals surface area contributed by atoms with Gasteiger partial charge in [-0.3, -0.25) is 14.2 Å². The first-order valence-electron chi connectivity index (χ1n) is 8.00. The fourth-order valence-electron chi connectivity index (χ4n) is 3.03. The summed E-state index contributed by atoms with van der Waals surface area (Å²) in [7, 11) is 1.25. The molecule has 2 heterocycles. The van der Waals surface area contributed by atoms with E-state index < -0.39 is 29.6 Å². The minimum Gasteiger partial charge on any atom is -0.494 e. The first-order chi connectivity index (χ1) is 13.5. The number of aromatic nitrogens is 1. The molecule has 3 aromatic rings. The Morgan fingerprint density at radius 2 is 2.00 bits per heavy atom. The van der Waals surface area contributed by atoms with Gasteiger partial charge in [0.1, 0.15) is 0 Å². The summed E-state index contributed by atoms with van der Waals surface area (Å²) < 4.78 is 58.5. The molecule has 2 aromatic heterocycles. The molecule has 1 N–H and O–H groups in total. The molecule has 0 aliphatic rings. The number of carbonyl (C=O) groups is 2. The number of hydrogen-bond donors (Lipinski definition) is 1. The second-order valence-corrected chi connectivity index (χ2v) is 8.23. The number of aliphatic carboxylic acids is 1. The minimum atomic E-state index is -4.49. The molecule has 0 saturated carbocycles. The number of rotatable bonds is 5. The lowest BCUT2D eigenvalue weighted by molar-refractivity contribution is -0.136. The number of fused-ring (bicyclic) bond motifs is 1. The Hall–Kier alpha value is -2.53. The van der Waals surface area contributed by atoms with Gasteiger partial charge in [-0.25, -0.2) is 4.39 Å². The first-order valence-corrected chi connectivity index (χ1v) is 9.70. The van der Waals surface area contributed by atoms with Crippen molar-refractivity contribution in [3.05, 3.63) is 46.2 Å². The van der Waals surface area contributed by atoms with Crippen LogP contribution in [0.25, 0.3) is 10.9 Å². The molecule has 11 heteroatoms. The Morgan fingerprint density at radius 1 is 1.31 bits per heavy atom. The van der Waals surface area contributed by atoms with Crippen molar-refractivity contribution < 1.29 is 37.0 Å². The highest BCUT2D eigenvalue weighted by atomic mass is 32.2. The van der Waals surface area contributed by atoms with Crippen LogP contribution in [-0.2, 0) is 11.2 Å². The molecule has 0 saturated heterocycles. The van der Waals surface area contributed by atoms with Crippen LogP contribution in [-0.4, -0.2) is 34.2 Å².